The summed E-state index contributed by atoms with van der Waals surface area (Å²) in [6.45, 7) is 19.4. The Bertz CT molecular complexity index is 233. The van der Waals surface area contributed by atoms with Gasteiger partial charge in [0.1, 0.15) is 0 Å². The van der Waals surface area contributed by atoms with Crippen LogP contribution in [0.25, 0.3) is 0 Å². The van der Waals surface area contributed by atoms with Crippen LogP contribution in [0.4, 0.5) is 0 Å². The third-order valence-corrected chi connectivity index (χ3v) is 3.51. The summed E-state index contributed by atoms with van der Waals surface area (Å²) in [4.78, 5) is 0. The molecule has 0 fully saturated rings. The van der Waals surface area contributed by atoms with Gasteiger partial charge in [0.15, 0.2) is 0 Å². The third-order valence-electron chi connectivity index (χ3n) is 1.17. The Morgan fingerprint density at radius 3 is 1.19 bits per heavy atom. The van der Waals surface area contributed by atoms with E-state index in [4.69, 9.17) is 4.36 Å². The van der Waals surface area contributed by atoms with Gasteiger partial charge in [0.05, 0.1) is 5.54 Å². The van der Waals surface area contributed by atoms with Crippen molar-refractivity contribution in [3.05, 3.63) is 0 Å². The maximum Gasteiger partial charge on any atom is 0.0619 e. The molecule has 0 atom stereocenters. The molecule has 0 rings (SSSR count). The molecule has 0 aliphatic carbocycles. The Hall–Kier alpha value is 0.0700. The van der Waals surface area contributed by atoms with Crippen LogP contribution in [0.15, 0.2) is 4.36 Å². The average Bonchev–Trinajstić information content (AvgIpc) is 1.70. The van der Waals surface area contributed by atoms with Crippen molar-refractivity contribution in [2.75, 3.05) is 0 Å². The van der Waals surface area contributed by atoms with Gasteiger partial charge < -0.3 is 0 Å². The second kappa shape index (κ2) is 5.15. The predicted octanol–water partition coefficient (Wildman–Crippen LogP) is 3.19. The van der Waals surface area contributed by atoms with Gasteiger partial charge >= 0.3 is 0 Å². The zero-order chi connectivity index (χ0) is 13.2. The molecule has 0 heterocycles. The highest BCUT2D eigenvalue weighted by Crippen LogP contribution is 2.11. The molecule has 2 N–H and O–H groups in total. The van der Waals surface area contributed by atoms with Gasteiger partial charge in [-0.05, 0) is 62.3 Å². The summed E-state index contributed by atoms with van der Waals surface area (Å²) in [6, 6.07) is 0. The molecule has 0 aromatic heterocycles. The third kappa shape index (κ3) is 10.6. The minimum atomic E-state index is -0.308. The summed E-state index contributed by atoms with van der Waals surface area (Å²) in [5, 5.41) is 0. The lowest BCUT2D eigenvalue weighted by Gasteiger charge is -2.30. The molecule has 0 unspecified atom stereocenters. The summed E-state index contributed by atoms with van der Waals surface area (Å²) in [5.41, 5.74) is 0.103. The standard InChI is InChI=1S/C12H29N3S/c1-10(2,3)13-16(14-11(4,5)6)15-12(7,8)9/h1-9H3,(H2,13,14,15). The van der Waals surface area contributed by atoms with E-state index in [1.165, 1.54) is 0 Å². The number of nitrogens with zero attached hydrogens (tertiary/aromatic N) is 1. The smallest absolute Gasteiger partial charge is 0.0619 e. The fourth-order valence-electron chi connectivity index (χ4n) is 0.925. The average molecular weight is 247 g/mol. The SMILES string of the molecule is CC(C)(C)N=S(NC(C)(C)C)NC(C)(C)C. The van der Waals surface area contributed by atoms with Crippen LogP contribution in [0.5, 0.6) is 0 Å². The van der Waals surface area contributed by atoms with Gasteiger partial charge in [-0.25, -0.2) is 13.8 Å². The summed E-state index contributed by atoms with van der Waals surface area (Å²) in [6.07, 6.45) is 0. The summed E-state index contributed by atoms with van der Waals surface area (Å²) < 4.78 is 11.8. The van der Waals surface area contributed by atoms with E-state index in [2.05, 4.69) is 71.8 Å². The Balaban J connectivity index is 4.87. The molecule has 16 heavy (non-hydrogen) atoms. The van der Waals surface area contributed by atoms with E-state index in [1.54, 1.807) is 0 Å². The molecular formula is C12H29N3S. The normalized spacial score (nSPS) is 14.4. The minimum absolute atomic E-state index is 0.0282. The minimum Gasteiger partial charge on any atom is -0.237 e. The molecule has 0 spiro atoms. The van der Waals surface area contributed by atoms with E-state index in [-0.39, 0.29) is 27.7 Å². The molecule has 0 aliphatic rings. The topological polar surface area (TPSA) is 36.4 Å². The van der Waals surface area contributed by atoms with Crippen LogP contribution < -0.4 is 9.44 Å². The van der Waals surface area contributed by atoms with Gasteiger partial charge in [0.2, 0.25) is 0 Å². The molecule has 0 saturated carbocycles. The Morgan fingerprint density at radius 1 is 0.688 bits per heavy atom. The van der Waals surface area contributed by atoms with Crippen LogP contribution in [0.3, 0.4) is 0 Å². The van der Waals surface area contributed by atoms with Crippen LogP contribution in [0.2, 0.25) is 0 Å². The molecule has 0 aromatic carbocycles. The van der Waals surface area contributed by atoms with E-state index in [1.807, 2.05) is 0 Å². The molecule has 0 saturated heterocycles. The first-order chi connectivity index (χ1) is 6.79. The van der Waals surface area contributed by atoms with Crippen LogP contribution in [0, 0.1) is 0 Å². The second-order valence-electron chi connectivity index (χ2n) is 7.25. The van der Waals surface area contributed by atoms with Crippen LogP contribution >= 0.6 is 0 Å². The van der Waals surface area contributed by atoms with Crippen molar-refractivity contribution in [1.82, 2.24) is 9.44 Å². The molecular weight excluding hydrogens is 218 g/mol. The number of rotatable bonds is 2. The maximum atomic E-state index is 4.79. The largest absolute Gasteiger partial charge is 0.237 e. The van der Waals surface area contributed by atoms with Crippen LogP contribution in [-0.2, 0) is 11.1 Å². The quantitative estimate of drug-likeness (QED) is 0.786. The van der Waals surface area contributed by atoms with E-state index in [9.17, 15) is 0 Å². The Kier molecular flexibility index (Phi) is 5.17. The van der Waals surface area contributed by atoms with Crippen LogP contribution in [0.1, 0.15) is 62.3 Å². The van der Waals surface area contributed by atoms with E-state index < -0.39 is 0 Å². The lowest BCUT2D eigenvalue weighted by Crippen LogP contribution is -2.49. The molecule has 0 bridgehead atoms. The molecule has 0 aliphatic heterocycles. The number of hydrogen-bond donors (Lipinski definition) is 2. The molecule has 0 radical (unpaired) electrons. The van der Waals surface area contributed by atoms with Crippen molar-refractivity contribution in [3.63, 3.8) is 0 Å². The van der Waals surface area contributed by atoms with Crippen molar-refractivity contribution < 1.29 is 0 Å². The number of hydrogen-bond acceptors (Lipinski definition) is 1. The van der Waals surface area contributed by atoms with Gasteiger partial charge in [0.25, 0.3) is 0 Å². The van der Waals surface area contributed by atoms with Gasteiger partial charge in [-0.2, -0.15) is 0 Å². The summed E-state index contributed by atoms with van der Waals surface area (Å²) in [7, 11) is 0. The molecule has 3 nitrogen and oxygen atoms in total. The van der Waals surface area contributed by atoms with Crippen molar-refractivity contribution in [2.24, 2.45) is 4.36 Å². The zero-order valence-electron chi connectivity index (χ0n) is 12.4. The van der Waals surface area contributed by atoms with Gasteiger partial charge in [0, 0.05) is 22.1 Å². The predicted molar refractivity (Wildman–Crippen MR) is 75.3 cm³/mol. The van der Waals surface area contributed by atoms with Gasteiger partial charge in [-0.1, -0.05) is 0 Å². The molecule has 0 amide bonds. The highest BCUT2D eigenvalue weighted by Gasteiger charge is 2.19. The fourth-order valence-corrected chi connectivity index (χ4v) is 2.78. The molecule has 98 valence electrons. The Morgan fingerprint density at radius 2 is 1.00 bits per heavy atom. The first-order valence-electron chi connectivity index (χ1n) is 5.81. The first kappa shape index (κ1) is 16.1. The molecule has 4 heteroatoms. The first-order valence-corrected chi connectivity index (χ1v) is 7.00. The van der Waals surface area contributed by atoms with Crippen molar-refractivity contribution >= 4 is 11.1 Å². The lowest BCUT2D eigenvalue weighted by molar-refractivity contribution is 0.497. The second-order valence-corrected chi connectivity index (χ2v) is 8.41. The number of nitrogens with one attached hydrogen (secondary N) is 2. The summed E-state index contributed by atoms with van der Waals surface area (Å²) >= 11 is -0.308. The van der Waals surface area contributed by atoms with E-state index in [0.29, 0.717) is 0 Å². The van der Waals surface area contributed by atoms with Crippen molar-refractivity contribution in [2.45, 2.75) is 78.9 Å². The van der Waals surface area contributed by atoms with E-state index >= 15 is 0 Å². The van der Waals surface area contributed by atoms with Crippen molar-refractivity contribution in [1.29, 1.82) is 0 Å². The highest BCUT2D eigenvalue weighted by molar-refractivity contribution is 7.83. The van der Waals surface area contributed by atoms with Gasteiger partial charge in [-0.15, -0.1) is 0 Å². The monoisotopic (exact) mass is 247 g/mol. The maximum absolute atomic E-state index is 4.79. The van der Waals surface area contributed by atoms with E-state index in [0.717, 1.165) is 0 Å². The lowest BCUT2D eigenvalue weighted by atomic mass is 10.1. The fraction of sp³-hybridized carbons (Fsp3) is 1.00. The van der Waals surface area contributed by atoms with Crippen molar-refractivity contribution in [3.8, 4) is 0 Å². The molecule has 0 aromatic rings. The summed E-state index contributed by atoms with van der Waals surface area (Å²) in [5.74, 6) is 0. The highest BCUT2D eigenvalue weighted by atomic mass is 32.2. The van der Waals surface area contributed by atoms with Gasteiger partial charge in [-0.3, -0.25) is 0 Å². The zero-order valence-corrected chi connectivity index (χ0v) is 13.2. The van der Waals surface area contributed by atoms with Crippen LogP contribution in [-0.4, -0.2) is 16.6 Å². The Labute approximate surface area is 104 Å².